The second-order valence-corrected chi connectivity index (χ2v) is 6.04. The molecular weight excluding hydrogens is 256 g/mol. The summed E-state index contributed by atoms with van der Waals surface area (Å²) in [6.45, 7) is 4.21. The van der Waals surface area contributed by atoms with Gasteiger partial charge in [0.1, 0.15) is 0 Å². The van der Waals surface area contributed by atoms with E-state index in [9.17, 15) is 18.5 Å². The average Bonchev–Trinajstić information content (AvgIpc) is 2.28. The van der Waals surface area contributed by atoms with Gasteiger partial charge in [-0.1, -0.05) is 26.0 Å². The standard InChI is InChI=1S/C11H16N2O4S/c1-9(2)7-8-12-18(16,17)11-6-4-3-5-10(11)13(14)15/h3-6,9,12H,7-8H2,1-2H3. The van der Waals surface area contributed by atoms with Crippen molar-refractivity contribution in [3.8, 4) is 0 Å². The van der Waals surface area contributed by atoms with Gasteiger partial charge in [-0.05, 0) is 18.4 Å². The summed E-state index contributed by atoms with van der Waals surface area (Å²) in [5.41, 5.74) is -0.408. The summed E-state index contributed by atoms with van der Waals surface area (Å²) in [5, 5.41) is 10.8. The van der Waals surface area contributed by atoms with E-state index in [0.717, 1.165) is 0 Å². The number of nitrogens with one attached hydrogen (secondary N) is 1. The number of nitro groups is 1. The van der Waals surface area contributed by atoms with Crippen molar-refractivity contribution < 1.29 is 13.3 Å². The van der Waals surface area contributed by atoms with Crippen molar-refractivity contribution in [2.24, 2.45) is 5.92 Å². The molecule has 1 aromatic carbocycles. The second-order valence-electron chi connectivity index (χ2n) is 4.31. The van der Waals surface area contributed by atoms with E-state index in [4.69, 9.17) is 0 Å². The van der Waals surface area contributed by atoms with Gasteiger partial charge in [0, 0.05) is 12.6 Å². The topological polar surface area (TPSA) is 89.3 Å². The van der Waals surface area contributed by atoms with Crippen LogP contribution in [0.15, 0.2) is 29.2 Å². The van der Waals surface area contributed by atoms with Crippen molar-refractivity contribution in [2.45, 2.75) is 25.2 Å². The van der Waals surface area contributed by atoms with E-state index < -0.39 is 20.6 Å². The lowest BCUT2D eigenvalue weighted by molar-refractivity contribution is -0.387. The number of hydrogen-bond donors (Lipinski definition) is 1. The van der Waals surface area contributed by atoms with Crippen molar-refractivity contribution in [3.63, 3.8) is 0 Å². The van der Waals surface area contributed by atoms with Crippen molar-refractivity contribution in [3.05, 3.63) is 34.4 Å². The molecule has 0 saturated heterocycles. The smallest absolute Gasteiger partial charge is 0.258 e. The Kier molecular flexibility index (Phi) is 4.80. The lowest BCUT2D eigenvalue weighted by Gasteiger charge is -2.08. The minimum absolute atomic E-state index is 0.270. The lowest BCUT2D eigenvalue weighted by Crippen LogP contribution is -2.26. The van der Waals surface area contributed by atoms with Crippen LogP contribution < -0.4 is 4.72 Å². The first kappa shape index (κ1) is 14.6. The number of nitro benzene ring substituents is 1. The number of rotatable bonds is 6. The van der Waals surface area contributed by atoms with Gasteiger partial charge in [0.2, 0.25) is 10.0 Å². The maximum atomic E-state index is 11.9. The van der Waals surface area contributed by atoms with E-state index in [2.05, 4.69) is 4.72 Å². The monoisotopic (exact) mass is 272 g/mol. The van der Waals surface area contributed by atoms with E-state index in [-0.39, 0.29) is 11.4 Å². The highest BCUT2D eigenvalue weighted by atomic mass is 32.2. The molecule has 0 bridgehead atoms. The summed E-state index contributed by atoms with van der Waals surface area (Å²) < 4.78 is 26.2. The molecule has 7 heteroatoms. The molecule has 0 unspecified atom stereocenters. The molecule has 100 valence electrons. The first-order valence-corrected chi connectivity index (χ1v) is 7.06. The Balaban J connectivity index is 2.95. The highest BCUT2D eigenvalue weighted by Crippen LogP contribution is 2.22. The summed E-state index contributed by atoms with van der Waals surface area (Å²) >= 11 is 0. The summed E-state index contributed by atoms with van der Waals surface area (Å²) in [6, 6.07) is 5.31. The maximum Gasteiger partial charge on any atom is 0.289 e. The predicted molar refractivity (Wildman–Crippen MR) is 67.7 cm³/mol. The van der Waals surface area contributed by atoms with E-state index in [1.54, 1.807) is 0 Å². The minimum Gasteiger partial charge on any atom is -0.258 e. The fraction of sp³-hybridized carbons (Fsp3) is 0.455. The molecular formula is C11H16N2O4S. The zero-order chi connectivity index (χ0) is 13.8. The Morgan fingerprint density at radius 1 is 1.33 bits per heavy atom. The number of hydrogen-bond acceptors (Lipinski definition) is 4. The molecule has 0 spiro atoms. The third-order valence-electron chi connectivity index (χ3n) is 2.37. The first-order valence-electron chi connectivity index (χ1n) is 5.57. The third-order valence-corrected chi connectivity index (χ3v) is 3.87. The maximum absolute atomic E-state index is 11.9. The molecule has 0 amide bonds. The third kappa shape index (κ3) is 3.78. The molecule has 0 saturated carbocycles. The molecule has 0 radical (unpaired) electrons. The van der Waals surface area contributed by atoms with Gasteiger partial charge >= 0.3 is 0 Å². The number of para-hydroxylation sites is 1. The normalized spacial score (nSPS) is 11.7. The highest BCUT2D eigenvalue weighted by molar-refractivity contribution is 7.89. The molecule has 0 atom stereocenters. The Labute approximate surface area is 106 Å². The molecule has 0 aliphatic rings. The van der Waals surface area contributed by atoms with E-state index in [1.165, 1.54) is 24.3 Å². The van der Waals surface area contributed by atoms with Crippen LogP contribution >= 0.6 is 0 Å². The summed E-state index contributed by atoms with van der Waals surface area (Å²) in [7, 11) is -3.82. The zero-order valence-electron chi connectivity index (χ0n) is 10.3. The van der Waals surface area contributed by atoms with Gasteiger partial charge in [-0.3, -0.25) is 10.1 Å². The zero-order valence-corrected chi connectivity index (χ0v) is 11.1. The Morgan fingerprint density at radius 2 is 1.94 bits per heavy atom. The van der Waals surface area contributed by atoms with Crippen LogP contribution in [-0.2, 0) is 10.0 Å². The van der Waals surface area contributed by atoms with Crippen LogP contribution in [0.25, 0.3) is 0 Å². The van der Waals surface area contributed by atoms with Crippen LogP contribution in [0.5, 0.6) is 0 Å². The van der Waals surface area contributed by atoms with Gasteiger partial charge in [-0.25, -0.2) is 13.1 Å². The van der Waals surface area contributed by atoms with Crippen LogP contribution in [0, 0.1) is 16.0 Å². The fourth-order valence-electron chi connectivity index (χ4n) is 1.39. The van der Waals surface area contributed by atoms with Crippen molar-refractivity contribution in [2.75, 3.05) is 6.54 Å². The Hall–Kier alpha value is -1.47. The van der Waals surface area contributed by atoms with Crippen LogP contribution in [0.2, 0.25) is 0 Å². The number of sulfonamides is 1. The molecule has 0 aliphatic heterocycles. The van der Waals surface area contributed by atoms with Gasteiger partial charge in [-0.15, -0.1) is 0 Å². The first-order chi connectivity index (χ1) is 8.34. The quantitative estimate of drug-likeness (QED) is 0.632. The van der Waals surface area contributed by atoms with Crippen molar-refractivity contribution in [1.29, 1.82) is 0 Å². The number of benzene rings is 1. The molecule has 0 aromatic heterocycles. The van der Waals surface area contributed by atoms with E-state index in [0.29, 0.717) is 12.3 Å². The average molecular weight is 272 g/mol. The van der Waals surface area contributed by atoms with Gasteiger partial charge in [0.05, 0.1) is 4.92 Å². The van der Waals surface area contributed by atoms with E-state index in [1.807, 2.05) is 13.8 Å². The van der Waals surface area contributed by atoms with Gasteiger partial charge in [0.25, 0.3) is 5.69 Å². The fourth-order valence-corrected chi connectivity index (χ4v) is 2.61. The molecule has 1 aromatic rings. The molecule has 1 N–H and O–H groups in total. The van der Waals surface area contributed by atoms with Gasteiger partial charge in [0.15, 0.2) is 4.90 Å². The highest BCUT2D eigenvalue weighted by Gasteiger charge is 2.24. The van der Waals surface area contributed by atoms with Crippen LogP contribution in [-0.4, -0.2) is 19.9 Å². The molecule has 6 nitrogen and oxygen atoms in total. The molecule has 18 heavy (non-hydrogen) atoms. The molecule has 0 heterocycles. The predicted octanol–water partition coefficient (Wildman–Crippen LogP) is 1.92. The number of nitrogens with zero attached hydrogens (tertiary/aromatic N) is 1. The molecule has 0 aliphatic carbocycles. The van der Waals surface area contributed by atoms with Gasteiger partial charge < -0.3 is 0 Å². The van der Waals surface area contributed by atoms with Crippen molar-refractivity contribution >= 4 is 15.7 Å². The summed E-state index contributed by atoms with van der Waals surface area (Å²) in [4.78, 5) is 9.77. The SMILES string of the molecule is CC(C)CCNS(=O)(=O)c1ccccc1[N+](=O)[O-]. The van der Waals surface area contributed by atoms with Crippen LogP contribution in [0.1, 0.15) is 20.3 Å². The largest absolute Gasteiger partial charge is 0.289 e. The Morgan fingerprint density at radius 3 is 2.50 bits per heavy atom. The second kappa shape index (κ2) is 5.92. The van der Waals surface area contributed by atoms with Crippen LogP contribution in [0.3, 0.4) is 0 Å². The summed E-state index contributed by atoms with van der Waals surface area (Å²) in [6.07, 6.45) is 0.680. The van der Waals surface area contributed by atoms with Crippen LogP contribution in [0.4, 0.5) is 5.69 Å². The van der Waals surface area contributed by atoms with Crippen molar-refractivity contribution in [1.82, 2.24) is 4.72 Å². The molecule has 0 fully saturated rings. The lowest BCUT2D eigenvalue weighted by atomic mass is 10.1. The Bertz CT molecular complexity index is 526. The van der Waals surface area contributed by atoms with E-state index >= 15 is 0 Å². The molecule has 1 rings (SSSR count). The minimum atomic E-state index is -3.82. The summed E-state index contributed by atoms with van der Waals surface area (Å²) in [5.74, 6) is 0.360. The van der Waals surface area contributed by atoms with Gasteiger partial charge in [-0.2, -0.15) is 0 Å².